The lowest BCUT2D eigenvalue weighted by atomic mass is 9.93. The Balaban J connectivity index is 1.35. The van der Waals surface area contributed by atoms with Gasteiger partial charge in [0, 0.05) is 44.0 Å². The molecular weight excluding hydrogens is 457 g/mol. The van der Waals surface area contributed by atoms with Crippen molar-refractivity contribution in [2.75, 3.05) is 45.9 Å². The van der Waals surface area contributed by atoms with E-state index in [4.69, 9.17) is 4.74 Å². The third-order valence-electron chi connectivity index (χ3n) is 6.40. The van der Waals surface area contributed by atoms with Gasteiger partial charge in [-0.3, -0.25) is 19.3 Å². The molecule has 2 amide bonds. The summed E-state index contributed by atoms with van der Waals surface area (Å²) < 4.78 is 18.9. The molecule has 0 radical (unpaired) electrons. The van der Waals surface area contributed by atoms with Crippen molar-refractivity contribution in [1.29, 1.82) is 0 Å². The van der Waals surface area contributed by atoms with Gasteiger partial charge >= 0.3 is 5.97 Å². The number of carbonyl (C=O) groups is 3. The maximum Gasteiger partial charge on any atom is 0.306 e. The Labute approximate surface area is 203 Å². The molecular formula is C25H30FN3O4S. The van der Waals surface area contributed by atoms with E-state index in [-0.39, 0.29) is 49.0 Å². The van der Waals surface area contributed by atoms with Crippen molar-refractivity contribution in [2.45, 2.75) is 32.2 Å². The van der Waals surface area contributed by atoms with Crippen molar-refractivity contribution >= 4 is 29.1 Å². The number of hydrogen-bond donors (Lipinski definition) is 0. The van der Waals surface area contributed by atoms with Crippen LogP contribution in [0.5, 0.6) is 0 Å². The zero-order valence-corrected chi connectivity index (χ0v) is 20.2. The Morgan fingerprint density at radius 3 is 2.47 bits per heavy atom. The van der Waals surface area contributed by atoms with E-state index in [2.05, 4.69) is 16.3 Å². The third kappa shape index (κ3) is 5.64. The van der Waals surface area contributed by atoms with Crippen LogP contribution in [-0.2, 0) is 25.5 Å². The normalized spacial score (nSPS) is 18.5. The molecule has 182 valence electrons. The largest absolute Gasteiger partial charge is 0.466 e. The minimum atomic E-state index is -0.368. The SMILES string of the molecule is CCOC(=O)CCC(=O)N1CCN(C(=O)CN2CCc3sccc3C2c2cccc(F)c2)CC1. The molecule has 9 heteroatoms. The van der Waals surface area contributed by atoms with Crippen molar-refractivity contribution < 1.29 is 23.5 Å². The number of carbonyl (C=O) groups excluding carboxylic acids is 3. The molecule has 2 aliphatic heterocycles. The average molecular weight is 488 g/mol. The van der Waals surface area contributed by atoms with Crippen molar-refractivity contribution in [3.05, 3.63) is 57.5 Å². The topological polar surface area (TPSA) is 70.2 Å². The molecule has 2 aliphatic rings. The van der Waals surface area contributed by atoms with E-state index in [0.29, 0.717) is 32.8 Å². The molecule has 1 unspecified atom stereocenters. The van der Waals surface area contributed by atoms with Gasteiger partial charge in [0.15, 0.2) is 0 Å². The van der Waals surface area contributed by atoms with Crippen LogP contribution in [0.2, 0.25) is 0 Å². The van der Waals surface area contributed by atoms with Crippen LogP contribution in [-0.4, -0.2) is 78.4 Å². The van der Waals surface area contributed by atoms with Gasteiger partial charge in [0.25, 0.3) is 0 Å². The molecule has 0 bridgehead atoms. The van der Waals surface area contributed by atoms with Crippen LogP contribution in [0, 0.1) is 5.82 Å². The summed E-state index contributed by atoms with van der Waals surface area (Å²) in [6.07, 6.45) is 1.07. The molecule has 1 saturated heterocycles. The van der Waals surface area contributed by atoms with E-state index < -0.39 is 0 Å². The average Bonchev–Trinajstić information content (AvgIpc) is 3.31. The van der Waals surface area contributed by atoms with Crippen LogP contribution in [0.4, 0.5) is 4.39 Å². The van der Waals surface area contributed by atoms with Gasteiger partial charge < -0.3 is 14.5 Å². The summed E-state index contributed by atoms with van der Waals surface area (Å²) in [5.74, 6) is -0.728. The predicted octanol–water partition coefficient (Wildman–Crippen LogP) is 2.85. The van der Waals surface area contributed by atoms with Gasteiger partial charge in [0.2, 0.25) is 11.8 Å². The molecule has 34 heavy (non-hydrogen) atoms. The lowest BCUT2D eigenvalue weighted by Crippen LogP contribution is -2.53. The van der Waals surface area contributed by atoms with Crippen molar-refractivity contribution in [1.82, 2.24) is 14.7 Å². The zero-order valence-electron chi connectivity index (χ0n) is 19.4. The predicted molar refractivity (Wildman–Crippen MR) is 127 cm³/mol. The van der Waals surface area contributed by atoms with E-state index in [1.807, 2.05) is 6.07 Å². The first-order valence-electron chi connectivity index (χ1n) is 11.7. The smallest absolute Gasteiger partial charge is 0.306 e. The Morgan fingerprint density at radius 1 is 1.03 bits per heavy atom. The third-order valence-corrected chi connectivity index (χ3v) is 7.40. The minimum Gasteiger partial charge on any atom is -0.466 e. The molecule has 0 aliphatic carbocycles. The van der Waals surface area contributed by atoms with E-state index in [1.165, 1.54) is 10.9 Å². The van der Waals surface area contributed by atoms with Crippen LogP contribution in [0.15, 0.2) is 35.7 Å². The highest BCUT2D eigenvalue weighted by atomic mass is 32.1. The molecule has 4 rings (SSSR count). The summed E-state index contributed by atoms with van der Waals surface area (Å²) in [7, 11) is 0. The number of ether oxygens (including phenoxy) is 1. The number of benzene rings is 1. The Bertz CT molecular complexity index is 1030. The molecule has 1 aromatic carbocycles. The summed E-state index contributed by atoms with van der Waals surface area (Å²) in [5, 5.41) is 2.06. The van der Waals surface area contributed by atoms with Gasteiger partial charge in [-0.2, -0.15) is 0 Å². The van der Waals surface area contributed by atoms with Crippen LogP contribution in [0.1, 0.15) is 41.8 Å². The number of rotatable bonds is 7. The second kappa shape index (κ2) is 11.1. The number of nitrogens with zero attached hydrogens (tertiary/aromatic N) is 3. The Hall–Kier alpha value is -2.78. The number of esters is 1. The number of halogens is 1. The molecule has 0 saturated carbocycles. The highest BCUT2D eigenvalue weighted by Gasteiger charge is 2.33. The lowest BCUT2D eigenvalue weighted by Gasteiger charge is -2.39. The molecule has 0 spiro atoms. The van der Waals surface area contributed by atoms with Gasteiger partial charge in [-0.15, -0.1) is 11.3 Å². The van der Waals surface area contributed by atoms with Gasteiger partial charge in [-0.05, 0) is 48.1 Å². The molecule has 1 aromatic heterocycles. The second-order valence-corrected chi connectivity index (χ2v) is 9.54. The minimum absolute atomic E-state index is 0.0127. The molecule has 0 N–H and O–H groups in total. The maximum absolute atomic E-state index is 14.0. The summed E-state index contributed by atoms with van der Waals surface area (Å²) in [5.41, 5.74) is 2.00. The summed E-state index contributed by atoms with van der Waals surface area (Å²) in [6.45, 7) is 4.85. The fourth-order valence-corrected chi connectivity index (χ4v) is 5.59. The number of amides is 2. The highest BCUT2D eigenvalue weighted by Crippen LogP contribution is 2.37. The summed E-state index contributed by atoms with van der Waals surface area (Å²) >= 11 is 1.71. The standard InChI is InChI=1S/C25H30FN3O4S/c1-2-33-24(32)7-6-22(30)27-11-13-28(14-12-27)23(31)17-29-10-8-21-20(9-15-34-21)25(29)18-4-3-5-19(26)16-18/h3-5,9,15-16,25H,2,6-8,10-14,17H2,1H3. The zero-order chi connectivity index (χ0) is 24.1. The monoisotopic (exact) mass is 487 g/mol. The van der Waals surface area contributed by atoms with Crippen molar-refractivity contribution in [2.24, 2.45) is 0 Å². The second-order valence-electron chi connectivity index (χ2n) is 8.54. The quantitative estimate of drug-likeness (QED) is 0.562. The van der Waals surface area contributed by atoms with E-state index in [1.54, 1.807) is 40.2 Å². The number of piperazine rings is 1. The molecule has 1 fully saturated rings. The first-order chi connectivity index (χ1) is 16.5. The van der Waals surface area contributed by atoms with E-state index in [9.17, 15) is 18.8 Å². The molecule has 7 nitrogen and oxygen atoms in total. The lowest BCUT2D eigenvalue weighted by molar-refractivity contribution is -0.146. The summed E-state index contributed by atoms with van der Waals surface area (Å²) in [6, 6.07) is 8.54. The van der Waals surface area contributed by atoms with Crippen molar-refractivity contribution in [3.8, 4) is 0 Å². The van der Waals surface area contributed by atoms with Gasteiger partial charge in [0.05, 0.1) is 25.6 Å². The van der Waals surface area contributed by atoms with Gasteiger partial charge in [-0.1, -0.05) is 12.1 Å². The molecule has 2 aromatic rings. The maximum atomic E-state index is 14.0. The summed E-state index contributed by atoms with van der Waals surface area (Å²) in [4.78, 5) is 44.0. The number of fused-ring (bicyclic) bond motifs is 1. The fourth-order valence-electron chi connectivity index (χ4n) is 4.68. The molecule has 1 atom stereocenters. The van der Waals surface area contributed by atoms with Crippen LogP contribution < -0.4 is 0 Å². The van der Waals surface area contributed by atoms with Gasteiger partial charge in [0.1, 0.15) is 5.82 Å². The Morgan fingerprint density at radius 2 is 1.76 bits per heavy atom. The first kappa shape index (κ1) is 24.3. The van der Waals surface area contributed by atoms with E-state index in [0.717, 1.165) is 24.1 Å². The van der Waals surface area contributed by atoms with Crippen LogP contribution in [0.25, 0.3) is 0 Å². The first-order valence-corrected chi connectivity index (χ1v) is 12.6. The van der Waals surface area contributed by atoms with E-state index >= 15 is 0 Å². The highest BCUT2D eigenvalue weighted by molar-refractivity contribution is 7.10. The Kier molecular flexibility index (Phi) is 7.95. The number of thiophene rings is 1. The van der Waals surface area contributed by atoms with Crippen LogP contribution in [0.3, 0.4) is 0 Å². The van der Waals surface area contributed by atoms with Crippen LogP contribution >= 0.6 is 11.3 Å². The molecule has 3 heterocycles. The number of hydrogen-bond acceptors (Lipinski definition) is 6. The van der Waals surface area contributed by atoms with Crippen molar-refractivity contribution in [3.63, 3.8) is 0 Å². The van der Waals surface area contributed by atoms with Gasteiger partial charge in [-0.25, -0.2) is 4.39 Å². The fraction of sp³-hybridized carbons (Fsp3) is 0.480.